The molecule has 0 aliphatic heterocycles. The van der Waals surface area contributed by atoms with Crippen LogP contribution in [0.1, 0.15) is 59.2 Å². The van der Waals surface area contributed by atoms with Crippen LogP contribution in [0.2, 0.25) is 0 Å². The van der Waals surface area contributed by atoms with E-state index in [4.69, 9.17) is 9.84 Å². The van der Waals surface area contributed by atoms with Crippen molar-refractivity contribution in [2.45, 2.75) is 49.5 Å². The molecule has 1 saturated carbocycles. The predicted molar refractivity (Wildman–Crippen MR) is 125 cm³/mol. The van der Waals surface area contributed by atoms with Crippen molar-refractivity contribution in [3.05, 3.63) is 59.7 Å². The first-order valence-corrected chi connectivity index (χ1v) is 12.1. The van der Waals surface area contributed by atoms with Gasteiger partial charge < -0.3 is 15.2 Å². The molecule has 170 valence electrons. The van der Waals surface area contributed by atoms with Crippen LogP contribution in [0.3, 0.4) is 0 Å². The van der Waals surface area contributed by atoms with E-state index in [1.807, 2.05) is 18.4 Å². The molecule has 0 heterocycles. The minimum Gasteiger partial charge on any atom is -0.490 e. The van der Waals surface area contributed by atoms with Gasteiger partial charge in [0.05, 0.1) is 12.0 Å². The summed E-state index contributed by atoms with van der Waals surface area (Å²) in [6.07, 6.45) is 5.65. The Balaban J connectivity index is 1.38. The lowest BCUT2D eigenvalue weighted by Crippen LogP contribution is -2.27. The van der Waals surface area contributed by atoms with E-state index < -0.39 is 5.97 Å². The lowest BCUT2D eigenvalue weighted by atomic mass is 9.87. The molecule has 1 aliphatic carbocycles. The molecule has 2 aromatic rings. The number of Topliss-reactive ketones (excluding diaryl/α,β-unsaturated/α-hetero) is 1. The van der Waals surface area contributed by atoms with Crippen LogP contribution in [0.5, 0.6) is 5.75 Å². The van der Waals surface area contributed by atoms with Crippen LogP contribution in [0.4, 0.5) is 0 Å². The first-order chi connectivity index (χ1) is 15.5. The Morgan fingerprint density at radius 3 is 2.19 bits per heavy atom. The molecule has 0 aromatic heterocycles. The number of thioether (sulfide) groups is 1. The summed E-state index contributed by atoms with van der Waals surface area (Å²) in [5.41, 5.74) is 1.23. The molecule has 1 fully saturated rings. The second-order valence-corrected chi connectivity index (χ2v) is 8.84. The Hall–Kier alpha value is -2.80. The van der Waals surface area contributed by atoms with Gasteiger partial charge in [0, 0.05) is 29.0 Å². The normalized spacial score (nSPS) is 18.0. The summed E-state index contributed by atoms with van der Waals surface area (Å²) in [5.74, 6) is -0.405. The quantitative estimate of drug-likeness (QED) is 0.303. The van der Waals surface area contributed by atoms with Crippen molar-refractivity contribution in [3.63, 3.8) is 0 Å². The number of ether oxygens (including phenoxy) is 1. The van der Waals surface area contributed by atoms with Crippen LogP contribution < -0.4 is 10.1 Å². The van der Waals surface area contributed by atoms with Gasteiger partial charge in [0.25, 0.3) is 5.91 Å². The number of hydrogen-bond acceptors (Lipinski definition) is 5. The number of rotatable bonds is 10. The lowest BCUT2D eigenvalue weighted by molar-refractivity contribution is -0.143. The molecule has 32 heavy (non-hydrogen) atoms. The van der Waals surface area contributed by atoms with Crippen molar-refractivity contribution in [2.24, 2.45) is 5.92 Å². The van der Waals surface area contributed by atoms with Gasteiger partial charge in [-0.05, 0) is 86.9 Å². The number of carbonyl (C=O) groups excluding carboxylic acids is 2. The Labute approximate surface area is 192 Å². The van der Waals surface area contributed by atoms with E-state index in [0.29, 0.717) is 49.1 Å². The molecule has 1 aliphatic rings. The molecule has 7 heteroatoms. The van der Waals surface area contributed by atoms with Crippen molar-refractivity contribution in [2.75, 3.05) is 12.8 Å². The number of benzene rings is 2. The van der Waals surface area contributed by atoms with E-state index in [2.05, 4.69) is 5.32 Å². The molecule has 0 radical (unpaired) electrons. The van der Waals surface area contributed by atoms with Crippen LogP contribution >= 0.6 is 11.8 Å². The topological polar surface area (TPSA) is 92.7 Å². The van der Waals surface area contributed by atoms with Gasteiger partial charge in [-0.2, -0.15) is 0 Å². The van der Waals surface area contributed by atoms with Crippen LogP contribution in [0.15, 0.2) is 53.4 Å². The first-order valence-electron chi connectivity index (χ1n) is 10.9. The molecule has 0 spiro atoms. The van der Waals surface area contributed by atoms with Gasteiger partial charge in [0.15, 0.2) is 5.78 Å². The van der Waals surface area contributed by atoms with Gasteiger partial charge in [-0.3, -0.25) is 14.4 Å². The average Bonchev–Trinajstić information content (AvgIpc) is 2.82. The lowest BCUT2D eigenvalue weighted by Gasteiger charge is -2.26. The van der Waals surface area contributed by atoms with E-state index in [0.717, 1.165) is 17.7 Å². The summed E-state index contributed by atoms with van der Waals surface area (Å²) in [4.78, 5) is 36.7. The van der Waals surface area contributed by atoms with Crippen LogP contribution in [-0.4, -0.2) is 41.7 Å². The molecule has 3 rings (SSSR count). The third-order valence-electron chi connectivity index (χ3n) is 5.72. The Morgan fingerprint density at radius 2 is 1.59 bits per heavy atom. The molecular weight excluding hydrogens is 426 g/mol. The molecule has 1 amide bonds. The minimum absolute atomic E-state index is 0.0210. The van der Waals surface area contributed by atoms with E-state index in [1.54, 1.807) is 48.2 Å². The molecule has 2 aromatic carbocycles. The highest BCUT2D eigenvalue weighted by Crippen LogP contribution is 2.28. The standard InChI is InChI=1S/C25H29NO5S/c1-32-22-14-8-18(9-15-22)24(28)26-16-2-3-23(27)17-4-10-20(11-5-17)31-21-12-6-19(7-13-21)25(29)30/h4-5,8-11,14-15,19,21H,2-3,6-7,12-13,16H2,1H3,(H,26,28)(H,29,30). The average molecular weight is 456 g/mol. The van der Waals surface area contributed by atoms with Gasteiger partial charge in [-0.1, -0.05) is 0 Å². The molecule has 0 bridgehead atoms. The fraction of sp³-hybridized carbons (Fsp3) is 0.400. The van der Waals surface area contributed by atoms with Crippen molar-refractivity contribution in [1.29, 1.82) is 0 Å². The summed E-state index contributed by atoms with van der Waals surface area (Å²) in [6.45, 7) is 0.440. The number of aliphatic carboxylic acids is 1. The fourth-order valence-corrected chi connectivity index (χ4v) is 4.19. The Morgan fingerprint density at radius 1 is 0.969 bits per heavy atom. The van der Waals surface area contributed by atoms with E-state index in [1.165, 1.54) is 0 Å². The van der Waals surface area contributed by atoms with E-state index >= 15 is 0 Å². The second kappa shape index (κ2) is 11.7. The molecule has 0 saturated heterocycles. The highest BCUT2D eigenvalue weighted by molar-refractivity contribution is 7.98. The van der Waals surface area contributed by atoms with Crippen LogP contribution in [0.25, 0.3) is 0 Å². The zero-order valence-electron chi connectivity index (χ0n) is 18.2. The summed E-state index contributed by atoms with van der Waals surface area (Å²) >= 11 is 1.63. The summed E-state index contributed by atoms with van der Waals surface area (Å²) in [7, 11) is 0. The summed E-state index contributed by atoms with van der Waals surface area (Å²) < 4.78 is 5.95. The molecular formula is C25H29NO5S. The van der Waals surface area contributed by atoms with Gasteiger partial charge in [-0.15, -0.1) is 11.8 Å². The Kier molecular flexibility index (Phi) is 8.73. The third-order valence-corrected chi connectivity index (χ3v) is 6.46. The van der Waals surface area contributed by atoms with E-state index in [9.17, 15) is 14.4 Å². The minimum atomic E-state index is -0.726. The number of nitrogens with one attached hydrogen (secondary N) is 1. The second-order valence-electron chi connectivity index (χ2n) is 7.97. The van der Waals surface area contributed by atoms with E-state index in [-0.39, 0.29) is 23.7 Å². The molecule has 2 N–H and O–H groups in total. The maximum Gasteiger partial charge on any atom is 0.306 e. The number of carboxylic acid groups (broad SMARTS) is 1. The zero-order valence-corrected chi connectivity index (χ0v) is 19.0. The monoisotopic (exact) mass is 455 g/mol. The van der Waals surface area contributed by atoms with Crippen LogP contribution in [0, 0.1) is 5.92 Å². The third kappa shape index (κ3) is 6.85. The first kappa shape index (κ1) is 23.9. The van der Waals surface area contributed by atoms with Gasteiger partial charge in [0.1, 0.15) is 5.75 Å². The van der Waals surface area contributed by atoms with Gasteiger partial charge >= 0.3 is 5.97 Å². The summed E-state index contributed by atoms with van der Waals surface area (Å²) in [5, 5.41) is 11.9. The summed E-state index contributed by atoms with van der Waals surface area (Å²) in [6, 6.07) is 14.5. The molecule has 0 atom stereocenters. The number of hydrogen-bond donors (Lipinski definition) is 2. The van der Waals surface area contributed by atoms with Crippen LogP contribution in [-0.2, 0) is 4.79 Å². The van der Waals surface area contributed by atoms with Crippen molar-refractivity contribution in [1.82, 2.24) is 5.32 Å². The largest absolute Gasteiger partial charge is 0.490 e. The van der Waals surface area contributed by atoms with Gasteiger partial charge in [-0.25, -0.2) is 0 Å². The van der Waals surface area contributed by atoms with Gasteiger partial charge in [0.2, 0.25) is 0 Å². The number of carboxylic acids is 1. The number of amides is 1. The highest BCUT2D eigenvalue weighted by Gasteiger charge is 2.26. The molecule has 0 unspecified atom stereocenters. The predicted octanol–water partition coefficient (Wildman–Crippen LogP) is 4.82. The maximum atomic E-state index is 12.4. The highest BCUT2D eigenvalue weighted by atomic mass is 32.2. The molecule has 6 nitrogen and oxygen atoms in total. The van der Waals surface area contributed by atoms with Crippen molar-refractivity contribution >= 4 is 29.4 Å². The van der Waals surface area contributed by atoms with Crippen molar-refractivity contribution < 1.29 is 24.2 Å². The number of carbonyl (C=O) groups is 3. The fourth-order valence-electron chi connectivity index (χ4n) is 3.78. The smallest absolute Gasteiger partial charge is 0.306 e. The zero-order chi connectivity index (χ0) is 22.9. The maximum absolute atomic E-state index is 12.4. The van der Waals surface area contributed by atoms with Crippen molar-refractivity contribution in [3.8, 4) is 5.75 Å². The SMILES string of the molecule is CSc1ccc(C(=O)NCCCC(=O)c2ccc(OC3CCC(C(=O)O)CC3)cc2)cc1. The Bertz CT molecular complexity index is 918. The number of ketones is 1.